The van der Waals surface area contributed by atoms with Crippen molar-refractivity contribution in [1.82, 2.24) is 14.9 Å². The molecule has 2 rings (SSSR count). The highest BCUT2D eigenvalue weighted by atomic mass is 35.5. The standard InChI is InChI=1S/C14H18ClN3O3/c1-8(19)13(14(20)21-3)16-7-12-17-10-6-9(15)4-5-11(10)18(12)2/h4-6,8,13,16,19H,7H2,1-3H3/t8-,13+/m0/s1. The maximum atomic E-state index is 11.6. The molecule has 0 saturated heterocycles. The molecule has 1 aromatic carbocycles. The van der Waals surface area contributed by atoms with Crippen LogP contribution < -0.4 is 5.32 Å². The van der Waals surface area contributed by atoms with Gasteiger partial charge in [0.2, 0.25) is 0 Å². The monoisotopic (exact) mass is 311 g/mol. The number of aliphatic hydroxyl groups excluding tert-OH is 1. The van der Waals surface area contributed by atoms with E-state index < -0.39 is 18.1 Å². The second-order valence-electron chi connectivity index (χ2n) is 4.84. The fourth-order valence-corrected chi connectivity index (χ4v) is 2.33. The zero-order valence-electron chi connectivity index (χ0n) is 12.1. The Morgan fingerprint density at radius 1 is 1.57 bits per heavy atom. The molecule has 21 heavy (non-hydrogen) atoms. The molecular weight excluding hydrogens is 294 g/mol. The van der Waals surface area contributed by atoms with Crippen LogP contribution in [0.1, 0.15) is 12.7 Å². The zero-order chi connectivity index (χ0) is 15.6. The molecule has 7 heteroatoms. The predicted molar refractivity (Wildman–Crippen MR) is 80.0 cm³/mol. The number of nitrogens with one attached hydrogen (secondary N) is 1. The van der Waals surface area contributed by atoms with Gasteiger partial charge in [0.1, 0.15) is 11.9 Å². The summed E-state index contributed by atoms with van der Waals surface area (Å²) < 4.78 is 6.57. The quantitative estimate of drug-likeness (QED) is 0.813. The number of rotatable bonds is 5. The van der Waals surface area contributed by atoms with Crippen LogP contribution >= 0.6 is 11.6 Å². The van der Waals surface area contributed by atoms with Crippen molar-refractivity contribution in [3.05, 3.63) is 29.0 Å². The summed E-state index contributed by atoms with van der Waals surface area (Å²) in [6.07, 6.45) is -0.860. The molecule has 0 saturated carbocycles. The first-order valence-electron chi connectivity index (χ1n) is 6.54. The van der Waals surface area contributed by atoms with E-state index in [9.17, 15) is 9.90 Å². The molecule has 1 heterocycles. The van der Waals surface area contributed by atoms with Crippen LogP contribution in [0, 0.1) is 0 Å². The first-order chi connectivity index (χ1) is 9.93. The summed E-state index contributed by atoms with van der Waals surface area (Å²) in [5.74, 6) is 0.230. The van der Waals surface area contributed by atoms with E-state index >= 15 is 0 Å². The van der Waals surface area contributed by atoms with Gasteiger partial charge in [-0.3, -0.25) is 10.1 Å². The summed E-state index contributed by atoms with van der Waals surface area (Å²) in [5, 5.41) is 13.2. The zero-order valence-corrected chi connectivity index (χ0v) is 12.9. The number of ether oxygens (including phenoxy) is 1. The lowest BCUT2D eigenvalue weighted by atomic mass is 10.2. The molecule has 0 fully saturated rings. The van der Waals surface area contributed by atoms with Crippen LogP contribution in [0.15, 0.2) is 18.2 Å². The van der Waals surface area contributed by atoms with E-state index in [2.05, 4.69) is 15.0 Å². The summed E-state index contributed by atoms with van der Waals surface area (Å²) in [6.45, 7) is 1.86. The van der Waals surface area contributed by atoms with E-state index in [-0.39, 0.29) is 0 Å². The van der Waals surface area contributed by atoms with Crippen LogP contribution in [0.25, 0.3) is 11.0 Å². The highest BCUT2D eigenvalue weighted by Crippen LogP contribution is 2.19. The Kier molecular flexibility index (Phi) is 4.82. The summed E-state index contributed by atoms with van der Waals surface area (Å²) in [5.41, 5.74) is 1.73. The van der Waals surface area contributed by atoms with Crippen LogP contribution in [0.5, 0.6) is 0 Å². The number of hydrogen-bond acceptors (Lipinski definition) is 5. The van der Waals surface area contributed by atoms with Gasteiger partial charge >= 0.3 is 5.97 Å². The van der Waals surface area contributed by atoms with Gasteiger partial charge in [-0.05, 0) is 25.1 Å². The SMILES string of the molecule is COC(=O)[C@H](NCc1nc2cc(Cl)ccc2n1C)[C@H](C)O. The van der Waals surface area contributed by atoms with E-state index in [0.717, 1.165) is 16.9 Å². The molecular formula is C14H18ClN3O3. The van der Waals surface area contributed by atoms with Gasteiger partial charge < -0.3 is 14.4 Å². The van der Waals surface area contributed by atoms with E-state index in [1.807, 2.05) is 17.7 Å². The van der Waals surface area contributed by atoms with Crippen molar-refractivity contribution < 1.29 is 14.6 Å². The van der Waals surface area contributed by atoms with Crippen LogP contribution in [0.3, 0.4) is 0 Å². The predicted octanol–water partition coefficient (Wildman–Crippen LogP) is 1.24. The van der Waals surface area contributed by atoms with Gasteiger partial charge in [-0.15, -0.1) is 0 Å². The van der Waals surface area contributed by atoms with Crippen molar-refractivity contribution in [2.75, 3.05) is 7.11 Å². The number of nitrogens with zero attached hydrogens (tertiary/aromatic N) is 2. The van der Waals surface area contributed by atoms with E-state index in [0.29, 0.717) is 11.6 Å². The maximum Gasteiger partial charge on any atom is 0.325 e. The lowest BCUT2D eigenvalue weighted by Crippen LogP contribution is -2.45. The number of esters is 1. The normalized spacial score (nSPS) is 14.1. The smallest absolute Gasteiger partial charge is 0.325 e. The van der Waals surface area contributed by atoms with Gasteiger partial charge in [-0.1, -0.05) is 11.6 Å². The van der Waals surface area contributed by atoms with E-state index in [4.69, 9.17) is 11.6 Å². The van der Waals surface area contributed by atoms with E-state index in [1.54, 1.807) is 12.1 Å². The molecule has 0 aliphatic rings. The number of aromatic nitrogens is 2. The number of carbonyl (C=O) groups excluding carboxylic acids is 1. The minimum Gasteiger partial charge on any atom is -0.468 e. The Morgan fingerprint density at radius 2 is 2.29 bits per heavy atom. The van der Waals surface area contributed by atoms with Crippen LogP contribution in [0.4, 0.5) is 0 Å². The first kappa shape index (κ1) is 15.8. The average molecular weight is 312 g/mol. The average Bonchev–Trinajstić information content (AvgIpc) is 2.74. The molecule has 0 radical (unpaired) electrons. The number of aryl methyl sites for hydroxylation is 1. The number of hydrogen-bond donors (Lipinski definition) is 2. The van der Waals surface area contributed by atoms with Crippen LogP contribution in [0.2, 0.25) is 5.02 Å². The number of aliphatic hydroxyl groups is 1. The molecule has 1 aromatic heterocycles. The second kappa shape index (κ2) is 6.43. The van der Waals surface area contributed by atoms with Gasteiger partial charge in [-0.25, -0.2) is 4.98 Å². The first-order valence-corrected chi connectivity index (χ1v) is 6.92. The Hall–Kier alpha value is -1.63. The summed E-state index contributed by atoms with van der Waals surface area (Å²) in [6, 6.07) is 4.68. The molecule has 6 nitrogen and oxygen atoms in total. The van der Waals surface area contributed by atoms with Gasteiger partial charge in [0, 0.05) is 12.1 Å². The highest BCUT2D eigenvalue weighted by Gasteiger charge is 2.24. The molecule has 114 valence electrons. The van der Waals surface area contributed by atoms with Gasteiger partial charge in [0.05, 0.1) is 30.8 Å². The van der Waals surface area contributed by atoms with E-state index in [1.165, 1.54) is 14.0 Å². The van der Waals surface area contributed by atoms with Crippen molar-refractivity contribution in [3.8, 4) is 0 Å². The van der Waals surface area contributed by atoms with Crippen LogP contribution in [-0.4, -0.2) is 39.9 Å². The molecule has 0 aliphatic heterocycles. The molecule has 2 aromatic rings. The molecule has 2 N–H and O–H groups in total. The molecule has 2 atom stereocenters. The number of carbonyl (C=O) groups is 1. The molecule has 0 unspecified atom stereocenters. The lowest BCUT2D eigenvalue weighted by molar-refractivity contribution is -0.145. The number of benzene rings is 1. The molecule has 0 aliphatic carbocycles. The van der Waals surface area contributed by atoms with Gasteiger partial charge in [0.25, 0.3) is 0 Å². The minimum absolute atomic E-state index is 0.327. The maximum absolute atomic E-state index is 11.6. The summed E-state index contributed by atoms with van der Waals surface area (Å²) in [7, 11) is 3.17. The summed E-state index contributed by atoms with van der Waals surface area (Å²) >= 11 is 5.95. The number of methoxy groups -OCH3 is 1. The third-order valence-corrected chi connectivity index (χ3v) is 3.59. The fraction of sp³-hybridized carbons (Fsp3) is 0.429. The fourth-order valence-electron chi connectivity index (χ4n) is 2.16. The Balaban J connectivity index is 2.19. The molecule has 0 spiro atoms. The second-order valence-corrected chi connectivity index (χ2v) is 5.28. The minimum atomic E-state index is -0.860. The van der Waals surface area contributed by atoms with Crippen molar-refractivity contribution in [2.24, 2.45) is 7.05 Å². The van der Waals surface area contributed by atoms with Gasteiger partial charge in [0.15, 0.2) is 0 Å². The number of imidazole rings is 1. The topological polar surface area (TPSA) is 76.4 Å². The third kappa shape index (κ3) is 3.34. The Morgan fingerprint density at radius 3 is 2.90 bits per heavy atom. The largest absolute Gasteiger partial charge is 0.468 e. The van der Waals surface area contributed by atoms with Crippen molar-refractivity contribution in [3.63, 3.8) is 0 Å². The number of fused-ring (bicyclic) bond motifs is 1. The third-order valence-electron chi connectivity index (χ3n) is 3.35. The highest BCUT2D eigenvalue weighted by molar-refractivity contribution is 6.31. The molecule has 0 amide bonds. The summed E-state index contributed by atoms with van der Waals surface area (Å²) in [4.78, 5) is 16.1. The Labute approximate surface area is 127 Å². The van der Waals surface area contributed by atoms with Gasteiger partial charge in [-0.2, -0.15) is 0 Å². The van der Waals surface area contributed by atoms with Crippen molar-refractivity contribution >= 4 is 28.6 Å². The van der Waals surface area contributed by atoms with Crippen molar-refractivity contribution in [1.29, 1.82) is 0 Å². The van der Waals surface area contributed by atoms with Crippen molar-refractivity contribution in [2.45, 2.75) is 25.6 Å². The number of halogens is 1. The lowest BCUT2D eigenvalue weighted by Gasteiger charge is -2.18. The van der Waals surface area contributed by atoms with Crippen LogP contribution in [-0.2, 0) is 23.1 Å². The molecule has 0 bridgehead atoms. The Bertz CT molecular complexity index is 654.